The van der Waals surface area contributed by atoms with Crippen LogP contribution in [0.15, 0.2) is 29.3 Å². The minimum atomic E-state index is -4.33. The lowest BCUT2D eigenvalue weighted by atomic mass is 9.94. The number of halogens is 4. The van der Waals surface area contributed by atoms with Crippen LogP contribution in [0, 0.1) is 5.92 Å². The average Bonchev–Trinajstić information content (AvgIpc) is 2.64. The summed E-state index contributed by atoms with van der Waals surface area (Å²) in [5.41, 5.74) is 0.938. The Kier molecular flexibility index (Phi) is 10.9. The Bertz CT molecular complexity index is 588. The molecule has 2 rings (SSSR count). The van der Waals surface area contributed by atoms with Crippen molar-refractivity contribution in [1.82, 2.24) is 15.5 Å². The summed E-state index contributed by atoms with van der Waals surface area (Å²) in [5, 5.41) is 6.54. The molecule has 1 aromatic carbocycles. The van der Waals surface area contributed by atoms with E-state index >= 15 is 0 Å². The molecule has 0 amide bonds. The Balaban J connectivity index is 0.00000392. The van der Waals surface area contributed by atoms with E-state index < -0.39 is 12.8 Å². The summed E-state index contributed by atoms with van der Waals surface area (Å²) in [5.74, 6) is 1.69. The van der Waals surface area contributed by atoms with Crippen molar-refractivity contribution in [2.75, 3.05) is 40.3 Å². The molecule has 1 aromatic rings. The van der Waals surface area contributed by atoms with Gasteiger partial charge in [0.15, 0.2) is 12.6 Å². The summed E-state index contributed by atoms with van der Waals surface area (Å²) in [6.07, 6.45) is -0.717. The Morgan fingerprint density at radius 1 is 1.18 bits per heavy atom. The van der Waals surface area contributed by atoms with Crippen LogP contribution >= 0.6 is 24.0 Å². The molecule has 0 aromatic heterocycles. The molecule has 1 aliphatic heterocycles. The van der Waals surface area contributed by atoms with Crippen molar-refractivity contribution in [3.05, 3.63) is 29.8 Å². The highest BCUT2D eigenvalue weighted by molar-refractivity contribution is 14.0. The van der Waals surface area contributed by atoms with Gasteiger partial charge in [0.1, 0.15) is 5.75 Å². The minimum absolute atomic E-state index is 0. The van der Waals surface area contributed by atoms with Crippen LogP contribution in [0.2, 0.25) is 0 Å². The summed E-state index contributed by atoms with van der Waals surface area (Å²) < 4.78 is 41.2. The summed E-state index contributed by atoms with van der Waals surface area (Å²) in [6, 6.07) is 6.56. The first kappa shape index (κ1) is 24.8. The van der Waals surface area contributed by atoms with E-state index in [-0.39, 0.29) is 29.7 Å². The Labute approximate surface area is 182 Å². The van der Waals surface area contributed by atoms with Gasteiger partial charge >= 0.3 is 6.18 Å². The van der Waals surface area contributed by atoms with E-state index in [2.05, 4.69) is 27.6 Å². The van der Waals surface area contributed by atoms with E-state index in [0.717, 1.165) is 30.4 Å². The van der Waals surface area contributed by atoms with Crippen LogP contribution in [0.25, 0.3) is 0 Å². The third kappa shape index (κ3) is 9.81. The maximum Gasteiger partial charge on any atom is 0.422 e. The van der Waals surface area contributed by atoms with Crippen molar-refractivity contribution in [3.63, 3.8) is 0 Å². The Hall–Kier alpha value is -1.23. The first-order valence-corrected chi connectivity index (χ1v) is 9.27. The molecule has 28 heavy (non-hydrogen) atoms. The second-order valence-electron chi connectivity index (χ2n) is 6.94. The maximum absolute atomic E-state index is 12.1. The number of rotatable bonds is 7. The van der Waals surface area contributed by atoms with Gasteiger partial charge in [0, 0.05) is 20.1 Å². The highest BCUT2D eigenvalue weighted by atomic mass is 127. The van der Waals surface area contributed by atoms with Gasteiger partial charge in [-0.1, -0.05) is 12.1 Å². The zero-order valence-corrected chi connectivity index (χ0v) is 18.7. The Morgan fingerprint density at radius 2 is 1.82 bits per heavy atom. The third-order valence-corrected chi connectivity index (χ3v) is 4.69. The molecule has 1 heterocycles. The zero-order valence-electron chi connectivity index (χ0n) is 16.4. The highest BCUT2D eigenvalue weighted by Gasteiger charge is 2.28. The lowest BCUT2D eigenvalue weighted by Gasteiger charge is -2.29. The largest absolute Gasteiger partial charge is 0.484 e. The predicted molar refractivity (Wildman–Crippen MR) is 116 cm³/mol. The van der Waals surface area contributed by atoms with Gasteiger partial charge in [-0.05, 0) is 63.0 Å². The molecule has 5 nitrogen and oxygen atoms in total. The van der Waals surface area contributed by atoms with Crippen molar-refractivity contribution in [1.29, 1.82) is 0 Å². The van der Waals surface area contributed by atoms with Crippen LogP contribution in [0.1, 0.15) is 24.8 Å². The van der Waals surface area contributed by atoms with Gasteiger partial charge < -0.3 is 20.3 Å². The normalized spacial score (nSPS) is 16.4. The van der Waals surface area contributed by atoms with E-state index in [1.165, 1.54) is 25.9 Å². The first-order chi connectivity index (χ1) is 12.9. The fraction of sp³-hybridized carbons (Fsp3) is 0.632. The van der Waals surface area contributed by atoms with E-state index in [9.17, 15) is 13.2 Å². The number of piperidine rings is 1. The number of alkyl halides is 3. The van der Waals surface area contributed by atoms with Crippen LogP contribution in [-0.4, -0.2) is 57.4 Å². The summed E-state index contributed by atoms with van der Waals surface area (Å²) in [7, 11) is 3.88. The van der Waals surface area contributed by atoms with Crippen molar-refractivity contribution in [3.8, 4) is 5.75 Å². The van der Waals surface area contributed by atoms with E-state index in [0.29, 0.717) is 6.54 Å². The number of nitrogens with one attached hydrogen (secondary N) is 2. The number of guanidine groups is 1. The Morgan fingerprint density at radius 3 is 2.39 bits per heavy atom. The molecule has 0 unspecified atom stereocenters. The van der Waals surface area contributed by atoms with Gasteiger partial charge in [0.2, 0.25) is 0 Å². The second-order valence-corrected chi connectivity index (χ2v) is 6.94. The number of ether oxygens (including phenoxy) is 1. The number of benzene rings is 1. The second kappa shape index (κ2) is 12.4. The van der Waals surface area contributed by atoms with E-state index in [1.54, 1.807) is 31.3 Å². The number of aliphatic imine (C=N–C) groups is 1. The average molecular weight is 514 g/mol. The molecule has 0 radical (unpaired) electrons. The molecule has 0 bridgehead atoms. The van der Waals surface area contributed by atoms with Gasteiger partial charge in [-0.15, -0.1) is 24.0 Å². The number of hydrogen-bond donors (Lipinski definition) is 2. The molecule has 160 valence electrons. The lowest BCUT2D eigenvalue weighted by Crippen LogP contribution is -2.38. The van der Waals surface area contributed by atoms with Crippen LogP contribution < -0.4 is 15.4 Å². The van der Waals surface area contributed by atoms with Crippen molar-refractivity contribution >= 4 is 29.9 Å². The van der Waals surface area contributed by atoms with E-state index in [1.807, 2.05) is 0 Å². The SMILES string of the molecule is CN=C(NCCC1CCN(C)CC1)NCc1ccc(OCC(F)(F)F)cc1.I. The maximum atomic E-state index is 12.1. The minimum Gasteiger partial charge on any atom is -0.484 e. The number of nitrogens with zero attached hydrogens (tertiary/aromatic N) is 2. The number of hydrogen-bond acceptors (Lipinski definition) is 3. The molecule has 1 fully saturated rings. The van der Waals surface area contributed by atoms with Crippen LogP contribution in [0.5, 0.6) is 5.75 Å². The topological polar surface area (TPSA) is 48.9 Å². The van der Waals surface area contributed by atoms with Crippen molar-refractivity contribution < 1.29 is 17.9 Å². The highest BCUT2D eigenvalue weighted by Crippen LogP contribution is 2.19. The molecule has 9 heteroatoms. The van der Waals surface area contributed by atoms with Gasteiger partial charge in [-0.25, -0.2) is 0 Å². The summed E-state index contributed by atoms with van der Waals surface area (Å²) in [4.78, 5) is 6.57. The quantitative estimate of drug-likeness (QED) is 0.332. The molecule has 0 atom stereocenters. The molecule has 0 saturated carbocycles. The molecular formula is C19H30F3IN4O. The van der Waals surface area contributed by atoms with Crippen LogP contribution in [-0.2, 0) is 6.54 Å². The molecule has 1 saturated heterocycles. The fourth-order valence-electron chi connectivity index (χ4n) is 3.02. The van der Waals surface area contributed by atoms with Gasteiger partial charge in [0.05, 0.1) is 0 Å². The van der Waals surface area contributed by atoms with E-state index in [4.69, 9.17) is 4.74 Å². The predicted octanol–water partition coefficient (Wildman–Crippen LogP) is 3.64. The standard InChI is InChI=1S/C19H29F3N4O.HI/c1-23-18(24-10-7-15-8-11-26(2)12-9-15)25-13-16-3-5-17(6-4-16)27-14-19(20,21)22;/h3-6,15H,7-14H2,1-2H3,(H2,23,24,25);1H. The monoisotopic (exact) mass is 514 g/mol. The molecule has 2 N–H and O–H groups in total. The fourth-order valence-corrected chi connectivity index (χ4v) is 3.02. The van der Waals surface area contributed by atoms with Gasteiger partial charge in [0.25, 0.3) is 0 Å². The van der Waals surface area contributed by atoms with Crippen LogP contribution in [0.3, 0.4) is 0 Å². The molecular weight excluding hydrogens is 484 g/mol. The zero-order chi connectivity index (χ0) is 19.7. The third-order valence-electron chi connectivity index (χ3n) is 4.69. The summed E-state index contributed by atoms with van der Waals surface area (Å²) >= 11 is 0. The van der Waals surface area contributed by atoms with Gasteiger partial charge in [-0.2, -0.15) is 13.2 Å². The first-order valence-electron chi connectivity index (χ1n) is 9.27. The molecule has 0 aliphatic carbocycles. The number of likely N-dealkylation sites (tertiary alicyclic amines) is 1. The summed E-state index contributed by atoms with van der Waals surface area (Å²) in [6.45, 7) is 2.46. The van der Waals surface area contributed by atoms with Crippen molar-refractivity contribution in [2.24, 2.45) is 10.9 Å². The van der Waals surface area contributed by atoms with Crippen LogP contribution in [0.4, 0.5) is 13.2 Å². The van der Waals surface area contributed by atoms with Gasteiger partial charge in [-0.3, -0.25) is 4.99 Å². The smallest absolute Gasteiger partial charge is 0.422 e. The molecule has 1 aliphatic rings. The van der Waals surface area contributed by atoms with Crippen molar-refractivity contribution in [2.45, 2.75) is 32.0 Å². The molecule has 0 spiro atoms. The lowest BCUT2D eigenvalue weighted by molar-refractivity contribution is -0.153.